The molecular formula is C21H17N2S+. The van der Waals surface area contributed by atoms with Crippen LogP contribution in [0.15, 0.2) is 48.7 Å². The summed E-state index contributed by atoms with van der Waals surface area (Å²) in [6.07, 6.45) is 2.08. The van der Waals surface area contributed by atoms with Crippen LogP contribution < -0.4 is 4.57 Å². The van der Waals surface area contributed by atoms with Crippen LogP contribution in [0.2, 0.25) is 0 Å². The molecule has 4 aromatic rings. The van der Waals surface area contributed by atoms with Crippen LogP contribution in [0.5, 0.6) is 0 Å². The minimum absolute atomic E-state index is 0.762. The lowest BCUT2D eigenvalue weighted by Crippen LogP contribution is -2.30. The molecule has 2 aromatic heterocycles. The molecule has 0 unspecified atom stereocenters. The molecule has 0 aliphatic rings. The van der Waals surface area contributed by atoms with E-state index in [-0.39, 0.29) is 0 Å². The van der Waals surface area contributed by atoms with Crippen LogP contribution in [0, 0.1) is 25.2 Å². The molecular weight excluding hydrogens is 312 g/mol. The number of aryl methyl sites for hydroxylation is 3. The zero-order valence-electron chi connectivity index (χ0n) is 13.9. The van der Waals surface area contributed by atoms with E-state index in [0.29, 0.717) is 0 Å². The van der Waals surface area contributed by atoms with Gasteiger partial charge in [0, 0.05) is 32.3 Å². The highest BCUT2D eigenvalue weighted by molar-refractivity contribution is 7.26. The van der Waals surface area contributed by atoms with E-state index in [9.17, 15) is 5.26 Å². The topological polar surface area (TPSA) is 27.7 Å². The van der Waals surface area contributed by atoms with Crippen molar-refractivity contribution in [3.8, 4) is 17.3 Å². The second kappa shape index (κ2) is 5.43. The second-order valence-electron chi connectivity index (χ2n) is 6.16. The summed E-state index contributed by atoms with van der Waals surface area (Å²) in [5.74, 6) is 0. The summed E-state index contributed by atoms with van der Waals surface area (Å²) in [5, 5.41) is 11.8. The van der Waals surface area contributed by atoms with Gasteiger partial charge in [-0.1, -0.05) is 18.2 Å². The fourth-order valence-electron chi connectivity index (χ4n) is 3.36. The van der Waals surface area contributed by atoms with E-state index in [1.165, 1.54) is 37.0 Å². The Kier molecular flexibility index (Phi) is 3.37. The Morgan fingerprint density at radius 2 is 1.71 bits per heavy atom. The molecule has 0 bridgehead atoms. The van der Waals surface area contributed by atoms with Gasteiger partial charge in [0.15, 0.2) is 6.20 Å². The number of thiophene rings is 1. The van der Waals surface area contributed by atoms with Crippen LogP contribution in [0.25, 0.3) is 31.4 Å². The van der Waals surface area contributed by atoms with Gasteiger partial charge in [-0.2, -0.15) is 5.26 Å². The zero-order chi connectivity index (χ0) is 16.8. The fraction of sp³-hybridized carbons (Fsp3) is 0.143. The first-order valence-corrected chi connectivity index (χ1v) is 8.74. The first-order chi connectivity index (χ1) is 11.6. The van der Waals surface area contributed by atoms with Crippen molar-refractivity contribution in [3.05, 3.63) is 65.4 Å². The molecule has 2 heterocycles. The molecule has 0 aliphatic carbocycles. The van der Waals surface area contributed by atoms with Crippen LogP contribution in [0.1, 0.15) is 16.7 Å². The highest BCUT2D eigenvalue weighted by atomic mass is 32.1. The van der Waals surface area contributed by atoms with Gasteiger partial charge >= 0.3 is 0 Å². The Labute approximate surface area is 145 Å². The maximum Gasteiger partial charge on any atom is 0.213 e. The molecule has 4 rings (SSSR count). The van der Waals surface area contributed by atoms with Gasteiger partial charge in [0.25, 0.3) is 0 Å². The molecule has 2 aromatic carbocycles. The van der Waals surface area contributed by atoms with Gasteiger partial charge in [0.05, 0.1) is 17.2 Å². The Morgan fingerprint density at radius 3 is 2.46 bits per heavy atom. The Hall–Kier alpha value is -2.70. The van der Waals surface area contributed by atoms with Gasteiger partial charge in [0.1, 0.15) is 7.05 Å². The molecule has 116 valence electrons. The number of fused-ring (bicyclic) bond motifs is 3. The summed E-state index contributed by atoms with van der Waals surface area (Å²) < 4.78 is 4.68. The number of pyridine rings is 1. The summed E-state index contributed by atoms with van der Waals surface area (Å²) in [5.41, 5.74) is 5.61. The van der Waals surface area contributed by atoms with Crippen molar-refractivity contribution in [1.29, 1.82) is 5.26 Å². The minimum atomic E-state index is 0.762. The van der Waals surface area contributed by atoms with Gasteiger partial charge in [-0.25, -0.2) is 4.57 Å². The largest absolute Gasteiger partial charge is 0.213 e. The van der Waals surface area contributed by atoms with E-state index in [0.717, 1.165) is 11.1 Å². The van der Waals surface area contributed by atoms with E-state index in [2.05, 4.69) is 61.1 Å². The molecule has 2 nitrogen and oxygen atoms in total. The molecule has 0 spiro atoms. The first kappa shape index (κ1) is 14.9. The highest BCUT2D eigenvalue weighted by Gasteiger charge is 2.19. The Balaban J connectivity index is 2.17. The summed E-state index contributed by atoms with van der Waals surface area (Å²) in [6, 6.07) is 17.0. The van der Waals surface area contributed by atoms with Crippen LogP contribution in [-0.4, -0.2) is 0 Å². The molecule has 0 amide bonds. The summed E-state index contributed by atoms with van der Waals surface area (Å²) in [4.78, 5) is 0. The monoisotopic (exact) mass is 329 g/mol. The van der Waals surface area contributed by atoms with Crippen molar-refractivity contribution in [2.45, 2.75) is 13.8 Å². The lowest BCUT2D eigenvalue weighted by atomic mass is 9.99. The first-order valence-electron chi connectivity index (χ1n) is 7.92. The average molecular weight is 329 g/mol. The van der Waals surface area contributed by atoms with E-state index < -0.39 is 0 Å². The predicted octanol–water partition coefficient (Wildman–Crippen LogP) is 5.03. The predicted molar refractivity (Wildman–Crippen MR) is 100 cm³/mol. The molecule has 0 atom stereocenters. The fourth-order valence-corrected chi connectivity index (χ4v) is 4.77. The standard InChI is InChI=1S/C21H17N2S/c1-13-7-9-17-16-10-8-15(12-22)14(2)20(16)24-21(17)19(13)18-6-4-5-11-23(18)3/h4-11H,1-3H3/q+1. The maximum atomic E-state index is 9.32. The summed E-state index contributed by atoms with van der Waals surface area (Å²) in [6.45, 7) is 4.21. The van der Waals surface area contributed by atoms with Crippen molar-refractivity contribution in [2.75, 3.05) is 0 Å². The van der Waals surface area contributed by atoms with E-state index in [4.69, 9.17) is 0 Å². The van der Waals surface area contributed by atoms with Gasteiger partial charge in [-0.05, 0) is 37.1 Å². The number of aromatic nitrogens is 1. The van der Waals surface area contributed by atoms with Gasteiger partial charge in [0.2, 0.25) is 5.69 Å². The minimum Gasteiger partial charge on any atom is -0.201 e. The van der Waals surface area contributed by atoms with Crippen LogP contribution >= 0.6 is 11.3 Å². The molecule has 0 saturated heterocycles. The van der Waals surface area contributed by atoms with Crippen molar-refractivity contribution in [3.63, 3.8) is 0 Å². The summed E-state index contributed by atoms with van der Waals surface area (Å²) >= 11 is 1.80. The van der Waals surface area contributed by atoms with Gasteiger partial charge in [-0.15, -0.1) is 11.3 Å². The maximum absolute atomic E-state index is 9.32. The van der Waals surface area contributed by atoms with Crippen LogP contribution in [0.3, 0.4) is 0 Å². The smallest absolute Gasteiger partial charge is 0.201 e. The molecule has 0 fully saturated rings. The second-order valence-corrected chi connectivity index (χ2v) is 7.18. The normalized spacial score (nSPS) is 11.1. The zero-order valence-corrected chi connectivity index (χ0v) is 14.7. The van der Waals surface area contributed by atoms with Crippen molar-refractivity contribution >= 4 is 31.5 Å². The van der Waals surface area contributed by atoms with Crippen LogP contribution in [0.4, 0.5) is 0 Å². The van der Waals surface area contributed by atoms with Gasteiger partial charge in [-0.3, -0.25) is 0 Å². The quantitative estimate of drug-likeness (QED) is 0.450. The van der Waals surface area contributed by atoms with Gasteiger partial charge < -0.3 is 0 Å². The average Bonchev–Trinajstić information content (AvgIpc) is 2.96. The molecule has 24 heavy (non-hydrogen) atoms. The third-order valence-corrected chi connectivity index (χ3v) is 6.06. The SMILES string of the molecule is Cc1ccc2c(sc3c(C)c(C#N)ccc32)c1-c1cccc[n+]1C. The number of benzene rings is 2. The molecule has 0 saturated carbocycles. The molecule has 0 N–H and O–H groups in total. The number of nitrogens with zero attached hydrogens (tertiary/aromatic N) is 2. The number of hydrogen-bond acceptors (Lipinski definition) is 2. The number of hydrogen-bond donors (Lipinski definition) is 0. The molecule has 0 radical (unpaired) electrons. The number of nitriles is 1. The number of rotatable bonds is 1. The van der Waals surface area contributed by atoms with Crippen molar-refractivity contribution < 1.29 is 4.57 Å². The van der Waals surface area contributed by atoms with Crippen LogP contribution in [-0.2, 0) is 7.05 Å². The lowest BCUT2D eigenvalue weighted by Gasteiger charge is -2.05. The third kappa shape index (κ3) is 2.04. The summed E-state index contributed by atoms with van der Waals surface area (Å²) in [7, 11) is 2.08. The van der Waals surface area contributed by atoms with E-state index in [1.54, 1.807) is 11.3 Å². The van der Waals surface area contributed by atoms with Crippen molar-refractivity contribution in [1.82, 2.24) is 0 Å². The molecule has 3 heteroatoms. The lowest BCUT2D eigenvalue weighted by molar-refractivity contribution is -0.660. The highest BCUT2D eigenvalue weighted by Crippen LogP contribution is 2.42. The Morgan fingerprint density at radius 1 is 0.958 bits per heavy atom. The van der Waals surface area contributed by atoms with E-state index in [1.807, 2.05) is 19.1 Å². The Bertz CT molecular complexity index is 1150. The third-order valence-electron chi connectivity index (χ3n) is 4.70. The van der Waals surface area contributed by atoms with Crippen molar-refractivity contribution in [2.24, 2.45) is 7.05 Å². The van der Waals surface area contributed by atoms with E-state index >= 15 is 0 Å². The molecule has 0 aliphatic heterocycles.